The van der Waals surface area contributed by atoms with Gasteiger partial charge in [0.05, 0.1) is 5.56 Å². The van der Waals surface area contributed by atoms with Crippen LogP contribution in [0.1, 0.15) is 18.4 Å². The molecule has 2 aromatic carbocycles. The number of sulfone groups is 1. The molecular weight excluding hydrogens is 475 g/mol. The molecule has 4 N–H and O–H groups in total. The first-order chi connectivity index (χ1) is 16.7. The molecule has 2 heterocycles. The maximum absolute atomic E-state index is 13.9. The van der Waals surface area contributed by atoms with Gasteiger partial charge in [-0.1, -0.05) is 37.3 Å². The van der Waals surface area contributed by atoms with Gasteiger partial charge in [0.25, 0.3) is 5.89 Å². The Kier molecular flexibility index (Phi) is 8.44. The van der Waals surface area contributed by atoms with Gasteiger partial charge in [-0.2, -0.15) is 4.98 Å². The second kappa shape index (κ2) is 11.5. The maximum atomic E-state index is 13.9. The largest absolute Gasteiger partial charge is 0.421 e. The van der Waals surface area contributed by atoms with Crippen molar-refractivity contribution >= 4 is 27.3 Å². The fraction of sp³-hybridized carbons (Fsp3) is 0.217. The highest BCUT2D eigenvalue weighted by Crippen LogP contribution is 2.25. The first kappa shape index (κ1) is 25.7. The van der Waals surface area contributed by atoms with Gasteiger partial charge in [-0.05, 0) is 30.2 Å². The topological polar surface area (TPSA) is 157 Å². The standard InChI is InChI=1S/C15H15FN6O3S.C8H10O/c1-3-12-21-22-14(25-12)9-7-18-15(20-13(9)17)19-8-4-5-11(10(16)6-8)26(2,23)24;9-7-6-8-4-2-1-3-5-8/h4-7H,3H2,1-2H3,(H3,17,18,19,20);1-5,9H,6-7H2. The van der Waals surface area contributed by atoms with E-state index >= 15 is 0 Å². The van der Waals surface area contributed by atoms with Crippen LogP contribution in [0.15, 0.2) is 64.0 Å². The molecule has 0 unspecified atom stereocenters. The number of nitrogen functional groups attached to an aromatic ring is 1. The third-order valence-electron chi connectivity index (χ3n) is 4.65. The van der Waals surface area contributed by atoms with Crippen molar-refractivity contribution in [1.82, 2.24) is 20.2 Å². The molecule has 0 aliphatic carbocycles. The van der Waals surface area contributed by atoms with Gasteiger partial charge in [0.2, 0.25) is 11.8 Å². The summed E-state index contributed by atoms with van der Waals surface area (Å²) < 4.78 is 42.2. The zero-order valence-electron chi connectivity index (χ0n) is 19.1. The second-order valence-electron chi connectivity index (χ2n) is 7.35. The van der Waals surface area contributed by atoms with E-state index < -0.39 is 15.7 Å². The van der Waals surface area contributed by atoms with Gasteiger partial charge < -0.3 is 20.6 Å². The Morgan fingerprint density at radius 1 is 1.14 bits per heavy atom. The number of hydrogen-bond acceptors (Lipinski definition) is 10. The molecule has 0 saturated carbocycles. The fourth-order valence-corrected chi connectivity index (χ4v) is 3.64. The number of aliphatic hydroxyl groups is 1. The van der Waals surface area contributed by atoms with Crippen molar-refractivity contribution < 1.29 is 22.3 Å². The number of nitrogens with zero attached hydrogens (tertiary/aromatic N) is 4. The summed E-state index contributed by atoms with van der Waals surface area (Å²) in [6.07, 6.45) is 3.69. The summed E-state index contributed by atoms with van der Waals surface area (Å²) in [5.41, 5.74) is 7.74. The summed E-state index contributed by atoms with van der Waals surface area (Å²) in [5, 5.41) is 19.0. The Labute approximate surface area is 202 Å². The first-order valence-electron chi connectivity index (χ1n) is 10.6. The highest BCUT2D eigenvalue weighted by molar-refractivity contribution is 7.90. The van der Waals surface area contributed by atoms with E-state index in [1.165, 1.54) is 17.8 Å². The highest BCUT2D eigenvalue weighted by Gasteiger charge is 2.16. The van der Waals surface area contributed by atoms with Gasteiger partial charge in [-0.15, -0.1) is 10.2 Å². The molecule has 10 nitrogen and oxygen atoms in total. The van der Waals surface area contributed by atoms with E-state index in [1.54, 1.807) is 0 Å². The van der Waals surface area contributed by atoms with Crippen molar-refractivity contribution in [2.24, 2.45) is 0 Å². The summed E-state index contributed by atoms with van der Waals surface area (Å²) >= 11 is 0. The van der Waals surface area contributed by atoms with Crippen LogP contribution in [0, 0.1) is 5.82 Å². The van der Waals surface area contributed by atoms with Crippen LogP contribution in [0.25, 0.3) is 11.5 Å². The van der Waals surface area contributed by atoms with Crippen LogP contribution in [0.2, 0.25) is 0 Å². The van der Waals surface area contributed by atoms with Crippen molar-refractivity contribution in [3.05, 3.63) is 72.0 Å². The average molecular weight is 501 g/mol. The fourth-order valence-electron chi connectivity index (χ4n) is 2.91. The Balaban J connectivity index is 0.000000320. The van der Waals surface area contributed by atoms with Crippen molar-refractivity contribution in [3.63, 3.8) is 0 Å². The number of aliphatic hydroxyl groups excluding tert-OH is 1. The number of benzene rings is 2. The predicted molar refractivity (Wildman–Crippen MR) is 129 cm³/mol. The van der Waals surface area contributed by atoms with Crippen molar-refractivity contribution in [3.8, 4) is 11.5 Å². The zero-order chi connectivity index (χ0) is 25.4. The lowest BCUT2D eigenvalue weighted by molar-refractivity contribution is 0.299. The molecule has 0 bridgehead atoms. The summed E-state index contributed by atoms with van der Waals surface area (Å²) in [5.74, 6) is -0.00689. The summed E-state index contributed by atoms with van der Waals surface area (Å²) in [6, 6.07) is 13.5. The normalized spacial score (nSPS) is 11.0. The van der Waals surface area contributed by atoms with Crippen molar-refractivity contribution in [1.29, 1.82) is 0 Å². The summed E-state index contributed by atoms with van der Waals surface area (Å²) in [4.78, 5) is 7.76. The molecule has 0 atom stereocenters. The maximum Gasteiger partial charge on any atom is 0.253 e. The molecular formula is C23H25FN6O4S. The number of anilines is 3. The van der Waals surface area contributed by atoms with Gasteiger partial charge in [0, 0.05) is 31.2 Å². The number of nitrogens with two attached hydrogens (primary N) is 1. The molecule has 184 valence electrons. The molecule has 0 amide bonds. The Morgan fingerprint density at radius 3 is 2.46 bits per heavy atom. The first-order valence-corrected chi connectivity index (χ1v) is 12.5. The Morgan fingerprint density at radius 2 is 1.89 bits per heavy atom. The van der Waals surface area contributed by atoms with Crippen molar-refractivity contribution in [2.45, 2.75) is 24.7 Å². The quantitative estimate of drug-likeness (QED) is 0.344. The predicted octanol–water partition coefficient (Wildman–Crippen LogP) is 3.18. The smallest absolute Gasteiger partial charge is 0.253 e. The number of hydrogen-bond donors (Lipinski definition) is 3. The molecule has 0 aliphatic rings. The SMILES string of the molecule is CCc1nnc(-c2cnc(Nc3ccc(S(C)(=O)=O)c(F)c3)nc2N)o1.OCCc1ccccc1. The molecule has 0 spiro atoms. The van der Waals surface area contributed by atoms with E-state index in [9.17, 15) is 12.8 Å². The van der Waals surface area contributed by atoms with Gasteiger partial charge in [-0.25, -0.2) is 17.8 Å². The van der Waals surface area contributed by atoms with Crippen LogP contribution in [-0.2, 0) is 22.7 Å². The molecule has 4 rings (SSSR count). The second-order valence-corrected chi connectivity index (χ2v) is 9.33. The molecule has 35 heavy (non-hydrogen) atoms. The van der Waals surface area contributed by atoms with Gasteiger partial charge in [0.15, 0.2) is 9.84 Å². The number of aromatic nitrogens is 4. The van der Waals surface area contributed by atoms with Crippen LogP contribution >= 0.6 is 0 Å². The number of nitrogens with one attached hydrogen (secondary N) is 1. The highest BCUT2D eigenvalue weighted by atomic mass is 32.2. The number of halogens is 1. The minimum atomic E-state index is -3.64. The third kappa shape index (κ3) is 7.04. The molecule has 4 aromatic rings. The van der Waals surface area contributed by atoms with Crippen LogP contribution in [0.4, 0.5) is 21.8 Å². The molecule has 0 saturated heterocycles. The number of rotatable bonds is 7. The van der Waals surface area contributed by atoms with Crippen LogP contribution in [0.5, 0.6) is 0 Å². The average Bonchev–Trinajstić information content (AvgIpc) is 3.29. The molecule has 0 fully saturated rings. The zero-order valence-corrected chi connectivity index (χ0v) is 20.0. The Hall–Kier alpha value is -3.90. The third-order valence-corrected chi connectivity index (χ3v) is 5.78. The monoisotopic (exact) mass is 500 g/mol. The van der Waals surface area contributed by atoms with E-state index in [2.05, 4.69) is 25.5 Å². The summed E-state index contributed by atoms with van der Waals surface area (Å²) in [7, 11) is -3.64. The molecule has 12 heteroatoms. The minimum absolute atomic E-state index is 0.0991. The van der Waals surface area contributed by atoms with Crippen molar-refractivity contribution in [2.75, 3.05) is 23.9 Å². The number of aryl methyl sites for hydroxylation is 1. The van der Waals surface area contributed by atoms with Crippen LogP contribution < -0.4 is 11.1 Å². The molecule has 0 radical (unpaired) electrons. The lowest BCUT2D eigenvalue weighted by Crippen LogP contribution is -2.04. The Bertz CT molecular complexity index is 1380. The van der Waals surface area contributed by atoms with E-state index in [0.29, 0.717) is 17.9 Å². The summed E-state index contributed by atoms with van der Waals surface area (Å²) in [6.45, 7) is 2.11. The van der Waals surface area contributed by atoms with E-state index in [4.69, 9.17) is 15.3 Å². The molecule has 2 aromatic heterocycles. The van der Waals surface area contributed by atoms with Crippen LogP contribution in [-0.4, -0.2) is 46.6 Å². The van der Waals surface area contributed by atoms with Crippen LogP contribution in [0.3, 0.4) is 0 Å². The lowest BCUT2D eigenvalue weighted by Gasteiger charge is -2.08. The van der Waals surface area contributed by atoms with Gasteiger partial charge in [-0.3, -0.25) is 0 Å². The lowest BCUT2D eigenvalue weighted by atomic mass is 10.2. The van der Waals surface area contributed by atoms with Gasteiger partial charge >= 0.3 is 0 Å². The van der Waals surface area contributed by atoms with E-state index in [1.807, 2.05) is 37.3 Å². The minimum Gasteiger partial charge on any atom is -0.421 e. The van der Waals surface area contributed by atoms with E-state index in [-0.39, 0.29) is 34.8 Å². The molecule has 0 aliphatic heterocycles. The van der Waals surface area contributed by atoms with Gasteiger partial charge in [0.1, 0.15) is 16.5 Å². The van der Waals surface area contributed by atoms with E-state index in [0.717, 1.165) is 24.8 Å².